The molecule has 0 bridgehead atoms. The highest BCUT2D eigenvalue weighted by molar-refractivity contribution is 7.94. The van der Waals surface area contributed by atoms with E-state index < -0.39 is 9.84 Å². The molecule has 0 aliphatic carbocycles. The van der Waals surface area contributed by atoms with Crippen molar-refractivity contribution in [2.75, 3.05) is 0 Å². The van der Waals surface area contributed by atoms with Crippen LogP contribution in [0.2, 0.25) is 10.0 Å². The molecule has 0 aliphatic heterocycles. The first-order valence-electron chi connectivity index (χ1n) is 5.42. The quantitative estimate of drug-likeness (QED) is 0.839. The van der Waals surface area contributed by atoms with Crippen LogP contribution in [0.15, 0.2) is 58.8 Å². The molecule has 0 spiro atoms. The minimum atomic E-state index is -3.46. The molecular weight excluding hydrogens is 303 g/mol. The van der Waals surface area contributed by atoms with Gasteiger partial charge in [0.05, 0.1) is 4.90 Å². The van der Waals surface area contributed by atoms with Gasteiger partial charge in [0, 0.05) is 15.5 Å². The van der Waals surface area contributed by atoms with Gasteiger partial charge in [-0.3, -0.25) is 0 Å². The summed E-state index contributed by atoms with van der Waals surface area (Å²) in [5, 5.41) is 2.05. The van der Waals surface area contributed by atoms with Gasteiger partial charge in [-0.25, -0.2) is 8.42 Å². The maximum atomic E-state index is 12.0. The third-order valence-corrected chi connectivity index (χ3v) is 4.45. The number of sulfone groups is 1. The Balaban J connectivity index is 2.33. The second-order valence-electron chi connectivity index (χ2n) is 3.83. The molecular formula is C14H10Cl2O2S. The molecule has 98 valence electrons. The van der Waals surface area contributed by atoms with Gasteiger partial charge < -0.3 is 0 Å². The highest BCUT2D eigenvalue weighted by atomic mass is 35.5. The van der Waals surface area contributed by atoms with E-state index in [1.807, 2.05) is 0 Å². The fraction of sp³-hybridized carbons (Fsp3) is 0. The molecule has 0 unspecified atom stereocenters. The summed E-state index contributed by atoms with van der Waals surface area (Å²) in [6.07, 6.45) is 1.46. The third-order valence-electron chi connectivity index (χ3n) is 2.46. The molecule has 0 N–H and O–H groups in total. The number of hydrogen-bond donors (Lipinski definition) is 0. The molecule has 0 amide bonds. The van der Waals surface area contributed by atoms with Crippen molar-refractivity contribution in [2.24, 2.45) is 0 Å². The van der Waals surface area contributed by atoms with Crippen LogP contribution >= 0.6 is 23.2 Å². The lowest BCUT2D eigenvalue weighted by Gasteiger charge is -2.00. The van der Waals surface area contributed by atoms with Gasteiger partial charge in [-0.1, -0.05) is 47.5 Å². The van der Waals surface area contributed by atoms with E-state index in [0.29, 0.717) is 15.6 Å². The van der Waals surface area contributed by atoms with Gasteiger partial charge in [0.1, 0.15) is 0 Å². The van der Waals surface area contributed by atoms with Crippen LogP contribution in [0, 0.1) is 0 Å². The van der Waals surface area contributed by atoms with E-state index >= 15 is 0 Å². The zero-order valence-electron chi connectivity index (χ0n) is 9.75. The topological polar surface area (TPSA) is 34.1 Å². The second-order valence-corrected chi connectivity index (χ2v) is 6.50. The normalized spacial score (nSPS) is 11.9. The molecule has 0 aromatic heterocycles. The smallest absolute Gasteiger partial charge is 0.199 e. The van der Waals surface area contributed by atoms with Gasteiger partial charge in [-0.2, -0.15) is 0 Å². The molecule has 2 aromatic rings. The molecule has 2 nitrogen and oxygen atoms in total. The van der Waals surface area contributed by atoms with E-state index in [4.69, 9.17) is 23.2 Å². The summed E-state index contributed by atoms with van der Waals surface area (Å²) >= 11 is 11.7. The Bertz CT molecular complexity index is 707. The maximum Gasteiger partial charge on any atom is 0.199 e. The van der Waals surface area contributed by atoms with E-state index in [9.17, 15) is 8.42 Å². The molecule has 0 radical (unpaired) electrons. The summed E-state index contributed by atoms with van der Waals surface area (Å²) < 4.78 is 24.1. The first kappa shape index (κ1) is 14.1. The van der Waals surface area contributed by atoms with Gasteiger partial charge in [-0.05, 0) is 35.9 Å². The molecule has 19 heavy (non-hydrogen) atoms. The van der Waals surface area contributed by atoms with Crippen molar-refractivity contribution in [1.29, 1.82) is 0 Å². The van der Waals surface area contributed by atoms with E-state index in [0.717, 1.165) is 5.41 Å². The maximum absolute atomic E-state index is 12.0. The molecule has 0 atom stereocenters. The standard InChI is InChI=1S/C14H10Cl2O2S/c15-12-7-6-11(14(16)10-12)8-9-19(17,18)13-4-2-1-3-5-13/h1-10H. The van der Waals surface area contributed by atoms with Gasteiger partial charge >= 0.3 is 0 Å². The predicted octanol–water partition coefficient (Wildman–Crippen LogP) is 4.44. The zero-order valence-corrected chi connectivity index (χ0v) is 12.1. The zero-order chi connectivity index (χ0) is 13.9. The Morgan fingerprint density at radius 2 is 1.63 bits per heavy atom. The molecule has 2 aromatic carbocycles. The van der Waals surface area contributed by atoms with Gasteiger partial charge in [0.15, 0.2) is 9.84 Å². The molecule has 0 fully saturated rings. The van der Waals surface area contributed by atoms with Crippen molar-refractivity contribution in [2.45, 2.75) is 4.90 Å². The fourth-order valence-electron chi connectivity index (χ4n) is 1.49. The monoisotopic (exact) mass is 312 g/mol. The van der Waals surface area contributed by atoms with E-state index in [1.54, 1.807) is 48.5 Å². The Hall–Kier alpha value is -1.29. The summed E-state index contributed by atoms with van der Waals surface area (Å²) in [4.78, 5) is 0.247. The lowest BCUT2D eigenvalue weighted by molar-refractivity contribution is 0.605. The van der Waals surface area contributed by atoms with Crippen molar-refractivity contribution < 1.29 is 8.42 Å². The Kier molecular flexibility index (Phi) is 4.30. The first-order valence-corrected chi connectivity index (χ1v) is 7.72. The Morgan fingerprint density at radius 3 is 2.26 bits per heavy atom. The van der Waals surface area contributed by atoms with Crippen LogP contribution < -0.4 is 0 Å². The van der Waals surface area contributed by atoms with Crippen molar-refractivity contribution in [3.05, 3.63) is 69.5 Å². The van der Waals surface area contributed by atoms with Crippen molar-refractivity contribution in [1.82, 2.24) is 0 Å². The minimum Gasteiger partial charge on any atom is -0.219 e. The fourth-order valence-corrected chi connectivity index (χ4v) is 2.98. The average Bonchev–Trinajstić information content (AvgIpc) is 2.39. The van der Waals surface area contributed by atoms with Crippen LogP contribution in [0.25, 0.3) is 6.08 Å². The number of benzene rings is 2. The molecule has 2 rings (SSSR count). The largest absolute Gasteiger partial charge is 0.219 e. The molecule has 0 aliphatic rings. The average molecular weight is 313 g/mol. The van der Waals surface area contributed by atoms with Crippen LogP contribution in [0.3, 0.4) is 0 Å². The summed E-state index contributed by atoms with van der Waals surface area (Å²) in [5.41, 5.74) is 0.602. The SMILES string of the molecule is O=S(=O)(C=Cc1ccc(Cl)cc1Cl)c1ccccc1. The van der Waals surface area contributed by atoms with E-state index in [-0.39, 0.29) is 4.90 Å². The molecule has 5 heteroatoms. The van der Waals surface area contributed by atoms with Gasteiger partial charge in [0.2, 0.25) is 0 Å². The predicted molar refractivity (Wildman–Crippen MR) is 79.1 cm³/mol. The first-order chi connectivity index (χ1) is 8.99. The summed E-state index contributed by atoms with van der Waals surface area (Å²) in [6, 6.07) is 13.1. The van der Waals surface area contributed by atoms with Gasteiger partial charge in [0.25, 0.3) is 0 Å². The summed E-state index contributed by atoms with van der Waals surface area (Å²) in [6.45, 7) is 0. The number of hydrogen-bond acceptors (Lipinski definition) is 2. The summed E-state index contributed by atoms with van der Waals surface area (Å²) in [5.74, 6) is 0. The highest BCUT2D eigenvalue weighted by Gasteiger charge is 2.09. The number of rotatable bonds is 3. The summed E-state index contributed by atoms with van der Waals surface area (Å²) in [7, 11) is -3.46. The van der Waals surface area contributed by atoms with E-state index in [2.05, 4.69) is 0 Å². The molecule has 0 saturated carbocycles. The molecule has 0 heterocycles. The van der Waals surface area contributed by atoms with Crippen LogP contribution in [0.1, 0.15) is 5.56 Å². The number of halogens is 2. The van der Waals surface area contributed by atoms with Crippen LogP contribution in [0.4, 0.5) is 0 Å². The highest BCUT2D eigenvalue weighted by Crippen LogP contribution is 2.23. The van der Waals surface area contributed by atoms with Crippen molar-refractivity contribution in [3.63, 3.8) is 0 Å². The van der Waals surface area contributed by atoms with Crippen LogP contribution in [-0.2, 0) is 9.84 Å². The third kappa shape index (κ3) is 3.60. The lowest BCUT2D eigenvalue weighted by Crippen LogP contribution is -1.95. The van der Waals surface area contributed by atoms with Crippen LogP contribution in [-0.4, -0.2) is 8.42 Å². The van der Waals surface area contributed by atoms with Gasteiger partial charge in [-0.15, -0.1) is 0 Å². The molecule has 0 saturated heterocycles. The minimum absolute atomic E-state index is 0.247. The Morgan fingerprint density at radius 1 is 0.947 bits per heavy atom. The van der Waals surface area contributed by atoms with E-state index in [1.165, 1.54) is 6.08 Å². The lowest BCUT2D eigenvalue weighted by atomic mass is 10.2. The van der Waals surface area contributed by atoms with Crippen molar-refractivity contribution in [3.8, 4) is 0 Å². The van der Waals surface area contributed by atoms with Crippen LogP contribution in [0.5, 0.6) is 0 Å². The second kappa shape index (κ2) is 5.78. The van der Waals surface area contributed by atoms with Crippen molar-refractivity contribution >= 4 is 39.1 Å². The Labute approximate surface area is 122 Å².